The number of nitrogens with zero attached hydrogens (tertiary/aromatic N) is 1. The summed E-state index contributed by atoms with van der Waals surface area (Å²) in [6.07, 6.45) is 7.56. The van der Waals surface area contributed by atoms with Gasteiger partial charge in [-0.1, -0.05) is 96.7 Å². The van der Waals surface area contributed by atoms with Gasteiger partial charge in [0, 0.05) is 64.7 Å². The smallest absolute Gasteiger partial charge is 0.162 e. The minimum Gasteiger partial charge on any atom is -0.512 e. The van der Waals surface area contributed by atoms with Gasteiger partial charge in [-0.15, -0.1) is 40.5 Å². The van der Waals surface area contributed by atoms with Crippen LogP contribution in [0.25, 0.3) is 42.2 Å². The number of hydrogen-bond donors (Lipinski definition) is 1. The number of thiophene rings is 1. The Morgan fingerprint density at radius 2 is 1.57 bits per heavy atom. The fourth-order valence-corrected chi connectivity index (χ4v) is 7.85. The number of benzene rings is 3. The molecule has 5 aromatic rings. The number of aliphatic hydroxyl groups excluding tert-OH is 1. The average Bonchev–Trinajstić information content (AvgIpc) is 3.46. The summed E-state index contributed by atoms with van der Waals surface area (Å²) in [6, 6.07) is 20.9. The second-order valence-corrected chi connectivity index (χ2v) is 15.2. The Bertz CT molecular complexity index is 1900. The van der Waals surface area contributed by atoms with Gasteiger partial charge in [-0.25, -0.2) is 0 Å². The summed E-state index contributed by atoms with van der Waals surface area (Å²) in [5, 5.41) is 14.6. The summed E-state index contributed by atoms with van der Waals surface area (Å²) in [7, 11) is 0. The summed E-state index contributed by atoms with van der Waals surface area (Å²) in [6.45, 7) is 18.4. The molecular weight excluding hydrogens is 806 g/mol. The zero-order valence-corrected chi connectivity index (χ0v) is 33.9. The summed E-state index contributed by atoms with van der Waals surface area (Å²) >= 11 is 1.80. The molecule has 1 radical (unpaired) electrons. The van der Waals surface area contributed by atoms with Crippen molar-refractivity contribution in [2.45, 2.75) is 100 Å². The number of alkyl halides is 1. The number of rotatable bonds is 12. The number of fused-ring (bicyclic) bond motifs is 4. The number of carbonyl (C=O) groups excluding carboxylic acids is 1. The molecule has 0 fully saturated rings. The average molecular weight is 859 g/mol. The van der Waals surface area contributed by atoms with E-state index < -0.39 is 0 Å². The first-order valence-electron chi connectivity index (χ1n) is 17.6. The summed E-state index contributed by atoms with van der Waals surface area (Å²) in [4.78, 5) is 16.5. The zero-order chi connectivity index (χ0) is 35.2. The molecule has 0 spiro atoms. The maximum Gasteiger partial charge on any atom is 0.162 e. The first-order valence-corrected chi connectivity index (χ1v) is 18.5. The Morgan fingerprint density at radius 1 is 0.939 bits per heavy atom. The van der Waals surface area contributed by atoms with E-state index in [1.54, 1.807) is 11.3 Å². The Labute approximate surface area is 310 Å². The molecule has 5 rings (SSSR count). The molecule has 3 aromatic carbocycles. The first kappa shape index (κ1) is 40.5. The van der Waals surface area contributed by atoms with Gasteiger partial charge < -0.3 is 5.11 Å². The van der Waals surface area contributed by atoms with Crippen LogP contribution in [0.2, 0.25) is 0 Å². The number of pyridine rings is 1. The van der Waals surface area contributed by atoms with Crippen molar-refractivity contribution in [1.82, 2.24) is 4.98 Å². The number of ketones is 1. The van der Waals surface area contributed by atoms with E-state index in [9.17, 15) is 14.3 Å². The first-order chi connectivity index (χ1) is 22.9. The Morgan fingerprint density at radius 3 is 2.18 bits per heavy atom. The Kier molecular flexibility index (Phi) is 14.7. The van der Waals surface area contributed by atoms with Gasteiger partial charge in [-0.2, -0.15) is 0 Å². The van der Waals surface area contributed by atoms with E-state index >= 15 is 0 Å². The van der Waals surface area contributed by atoms with Gasteiger partial charge in [0.15, 0.2) is 5.78 Å². The van der Waals surface area contributed by atoms with Crippen molar-refractivity contribution in [2.75, 3.05) is 6.67 Å². The summed E-state index contributed by atoms with van der Waals surface area (Å²) in [5.74, 6) is 0.958. The van der Waals surface area contributed by atoms with Crippen LogP contribution in [-0.2, 0) is 31.3 Å². The van der Waals surface area contributed by atoms with E-state index in [1.165, 1.54) is 48.3 Å². The predicted molar refractivity (Wildman–Crippen MR) is 205 cm³/mol. The van der Waals surface area contributed by atoms with Crippen LogP contribution in [0.15, 0.2) is 66.6 Å². The number of aryl methyl sites for hydroxylation is 1. The number of allylic oxidation sites excluding steroid dienone is 2. The summed E-state index contributed by atoms with van der Waals surface area (Å²) in [5.41, 5.74) is 5.50. The van der Waals surface area contributed by atoms with Crippen LogP contribution in [0.1, 0.15) is 104 Å². The van der Waals surface area contributed by atoms with Crippen molar-refractivity contribution in [3.63, 3.8) is 0 Å². The van der Waals surface area contributed by atoms with E-state index in [-0.39, 0.29) is 55.6 Å². The van der Waals surface area contributed by atoms with Crippen LogP contribution >= 0.6 is 11.3 Å². The van der Waals surface area contributed by atoms with E-state index in [0.717, 1.165) is 48.7 Å². The van der Waals surface area contributed by atoms with Crippen molar-refractivity contribution in [3.05, 3.63) is 89.3 Å². The van der Waals surface area contributed by atoms with E-state index in [1.807, 2.05) is 47.7 Å². The zero-order valence-electron chi connectivity index (χ0n) is 30.7. The van der Waals surface area contributed by atoms with Gasteiger partial charge in [-0.3, -0.25) is 14.2 Å². The van der Waals surface area contributed by atoms with Crippen LogP contribution in [0.4, 0.5) is 4.39 Å². The van der Waals surface area contributed by atoms with Crippen LogP contribution in [-0.4, -0.2) is 22.5 Å². The van der Waals surface area contributed by atoms with Crippen molar-refractivity contribution in [1.29, 1.82) is 0 Å². The van der Waals surface area contributed by atoms with Crippen LogP contribution in [0, 0.1) is 30.2 Å². The molecule has 3 nitrogen and oxygen atoms in total. The molecule has 0 aliphatic carbocycles. The third kappa shape index (κ3) is 9.25. The van der Waals surface area contributed by atoms with Gasteiger partial charge in [0.25, 0.3) is 0 Å². The minimum atomic E-state index is -0.352. The fraction of sp³-hybridized carbons (Fsp3) is 0.442. The quantitative estimate of drug-likeness (QED) is 0.0772. The Hall–Kier alpha value is -2.92. The van der Waals surface area contributed by atoms with Crippen molar-refractivity contribution >= 4 is 48.1 Å². The van der Waals surface area contributed by atoms with Crippen molar-refractivity contribution < 1.29 is 34.4 Å². The third-order valence-electron chi connectivity index (χ3n) is 9.71. The molecule has 0 unspecified atom stereocenters. The molecule has 0 amide bonds. The predicted octanol–water partition coefficient (Wildman–Crippen LogP) is 12.9. The number of aromatic nitrogens is 1. The standard InChI is InChI=1S/C30H29FNS.C13H24O2.Ir/c1-18(2)26-15-22(14-20-8-6-7-9-23(20)26)27-29-25(12-13-32-27)24-11-10-21(16-30(4,5)17-31)19(3)28(24)33-29;1-5-10(6-2)12(14)9-13(15)11(7-3)8-4;/h6-13,15,18H,16-17H2,1-5H3;9-11,14H,5-8H2,1-4H3;/q-1;;/b;12-9-;. The van der Waals surface area contributed by atoms with Crippen LogP contribution in [0.5, 0.6) is 0 Å². The molecule has 2 aromatic heterocycles. The molecule has 6 heteroatoms. The number of hydrogen-bond acceptors (Lipinski definition) is 4. The van der Waals surface area contributed by atoms with E-state index in [0.29, 0.717) is 5.92 Å². The van der Waals surface area contributed by atoms with Gasteiger partial charge in [0.2, 0.25) is 0 Å². The van der Waals surface area contributed by atoms with Crippen molar-refractivity contribution in [2.24, 2.45) is 17.3 Å². The largest absolute Gasteiger partial charge is 0.512 e. The molecule has 49 heavy (non-hydrogen) atoms. The van der Waals surface area contributed by atoms with Gasteiger partial charge in [0.05, 0.1) is 12.4 Å². The molecule has 0 aliphatic heterocycles. The monoisotopic (exact) mass is 859 g/mol. The molecule has 2 heterocycles. The Balaban J connectivity index is 0.000000347. The molecule has 1 N–H and O–H groups in total. The molecule has 0 saturated carbocycles. The second kappa shape index (κ2) is 17.8. The number of halogens is 1. The van der Waals surface area contributed by atoms with E-state index in [4.69, 9.17) is 4.98 Å². The van der Waals surface area contributed by atoms with Crippen LogP contribution in [0.3, 0.4) is 0 Å². The van der Waals surface area contributed by atoms with Gasteiger partial charge >= 0.3 is 0 Å². The van der Waals surface area contributed by atoms with Crippen molar-refractivity contribution in [3.8, 4) is 11.3 Å². The maximum atomic E-state index is 13.5. The maximum absolute atomic E-state index is 13.5. The van der Waals surface area contributed by atoms with Crippen LogP contribution < -0.4 is 0 Å². The molecular formula is C43H53FIrNO2S-. The number of aliphatic hydroxyl groups is 1. The fourth-order valence-electron chi connectivity index (χ4n) is 6.53. The van der Waals surface area contributed by atoms with Gasteiger partial charge in [-0.05, 0) is 72.9 Å². The topological polar surface area (TPSA) is 50.2 Å². The normalized spacial score (nSPS) is 12.2. The molecule has 0 aliphatic rings. The molecule has 0 bridgehead atoms. The minimum absolute atomic E-state index is 0. The third-order valence-corrected chi connectivity index (χ3v) is 11.1. The molecule has 265 valence electrons. The van der Waals surface area contributed by atoms with Gasteiger partial charge in [0.1, 0.15) is 0 Å². The second-order valence-electron chi connectivity index (χ2n) is 14.2. The molecule has 0 saturated heterocycles. The summed E-state index contributed by atoms with van der Waals surface area (Å²) < 4.78 is 16.0. The molecule has 0 atom stereocenters. The SMILES string of the molecule is CCC(CC)C(=O)/C=C(\O)C(CC)CC.Cc1c(CC(C)(C)CF)ccc2c1sc1c(-c3[c-]c4ccccc4c(C(C)C)c3)nccc12.[Ir]. The van der Waals surface area contributed by atoms with E-state index in [2.05, 4.69) is 75.4 Å². The number of carbonyl (C=O) groups is 1.